The van der Waals surface area contributed by atoms with Crippen LogP contribution in [0.1, 0.15) is 31.2 Å². The third kappa shape index (κ3) is 3.24. The highest BCUT2D eigenvalue weighted by Crippen LogP contribution is 2.60. The van der Waals surface area contributed by atoms with Crippen LogP contribution in [0.15, 0.2) is 24.3 Å². The molecule has 3 rings (SSSR count). The van der Waals surface area contributed by atoms with Crippen molar-refractivity contribution < 1.29 is 13.5 Å². The van der Waals surface area contributed by atoms with Gasteiger partial charge in [0.05, 0.1) is 0 Å². The Hall–Kier alpha value is -1.16. The second-order valence-corrected chi connectivity index (χ2v) is 5.76. The molecule has 2 aliphatic rings. The van der Waals surface area contributed by atoms with E-state index in [1.807, 2.05) is 12.1 Å². The predicted octanol–water partition coefficient (Wildman–Crippen LogP) is 3.57. The first kappa shape index (κ1) is 12.9. The van der Waals surface area contributed by atoms with E-state index in [1.165, 1.54) is 25.7 Å². The zero-order chi connectivity index (χ0) is 13.3. The summed E-state index contributed by atoms with van der Waals surface area (Å²) in [5.41, 5.74) is 1.70. The molecule has 2 aliphatic carbocycles. The zero-order valence-corrected chi connectivity index (χ0v) is 10.9. The summed E-state index contributed by atoms with van der Waals surface area (Å²) < 4.78 is 28.3. The number of hydrogen-bond acceptors (Lipinski definition) is 2. The maximum atomic E-state index is 12.0. The van der Waals surface area contributed by atoms with Crippen LogP contribution in [0, 0.1) is 11.3 Å². The van der Waals surface area contributed by atoms with E-state index in [-0.39, 0.29) is 5.75 Å². The molecular weight excluding hydrogens is 248 g/mol. The minimum absolute atomic E-state index is 0.218. The first-order chi connectivity index (χ1) is 9.18. The number of benzene rings is 1. The largest absolute Gasteiger partial charge is 0.435 e. The highest BCUT2D eigenvalue weighted by Gasteiger charge is 2.53. The molecule has 2 nitrogen and oxygen atoms in total. The second kappa shape index (κ2) is 5.08. The van der Waals surface area contributed by atoms with Gasteiger partial charge in [-0.1, -0.05) is 12.1 Å². The molecule has 19 heavy (non-hydrogen) atoms. The summed E-state index contributed by atoms with van der Waals surface area (Å²) in [5, 5.41) is 3.50. The highest BCUT2D eigenvalue weighted by molar-refractivity contribution is 5.27. The van der Waals surface area contributed by atoms with Crippen molar-refractivity contribution in [1.29, 1.82) is 0 Å². The lowest BCUT2D eigenvalue weighted by atomic mass is 10.0. The average molecular weight is 267 g/mol. The molecule has 0 amide bonds. The topological polar surface area (TPSA) is 21.3 Å². The van der Waals surface area contributed by atoms with E-state index < -0.39 is 6.61 Å². The van der Waals surface area contributed by atoms with E-state index in [9.17, 15) is 8.78 Å². The number of ether oxygens (including phenoxy) is 1. The quantitative estimate of drug-likeness (QED) is 0.815. The Bertz CT molecular complexity index is 424. The van der Waals surface area contributed by atoms with Crippen LogP contribution in [0.4, 0.5) is 8.78 Å². The zero-order valence-electron chi connectivity index (χ0n) is 10.9. The summed E-state index contributed by atoms with van der Waals surface area (Å²) in [5.74, 6) is 1.18. The van der Waals surface area contributed by atoms with Gasteiger partial charge in [-0.05, 0) is 54.7 Å². The van der Waals surface area contributed by atoms with Crippen molar-refractivity contribution in [3.8, 4) is 5.75 Å². The monoisotopic (exact) mass is 267 g/mol. The van der Waals surface area contributed by atoms with Crippen molar-refractivity contribution in [3.63, 3.8) is 0 Å². The van der Waals surface area contributed by atoms with Gasteiger partial charge in [0, 0.05) is 13.1 Å². The Morgan fingerprint density at radius 3 is 2.42 bits per heavy atom. The van der Waals surface area contributed by atoms with Gasteiger partial charge in [0.1, 0.15) is 5.75 Å². The van der Waals surface area contributed by atoms with E-state index in [0.29, 0.717) is 5.41 Å². The van der Waals surface area contributed by atoms with Gasteiger partial charge in [-0.15, -0.1) is 0 Å². The standard InChI is InChI=1S/C15H19F2NO/c16-14(17)19-13-5-1-11(2-6-13)9-18-10-15(7-8-15)12-3-4-12/h1-2,5-6,12,14,18H,3-4,7-10H2. The Labute approximate surface area is 112 Å². The minimum Gasteiger partial charge on any atom is -0.435 e. The van der Waals surface area contributed by atoms with Crippen molar-refractivity contribution >= 4 is 0 Å². The molecule has 4 heteroatoms. The minimum atomic E-state index is -2.75. The van der Waals surface area contributed by atoms with Crippen LogP contribution >= 0.6 is 0 Å². The molecule has 0 saturated heterocycles. The molecule has 2 saturated carbocycles. The molecule has 0 aliphatic heterocycles. The summed E-state index contributed by atoms with van der Waals surface area (Å²) >= 11 is 0. The van der Waals surface area contributed by atoms with Crippen LogP contribution in [-0.2, 0) is 6.54 Å². The maximum Gasteiger partial charge on any atom is 0.387 e. The fraction of sp³-hybridized carbons (Fsp3) is 0.600. The van der Waals surface area contributed by atoms with Gasteiger partial charge in [-0.25, -0.2) is 0 Å². The molecule has 0 atom stereocenters. The summed E-state index contributed by atoms with van der Waals surface area (Å²) in [6.45, 7) is -0.867. The normalized spacial score (nSPS) is 20.6. The van der Waals surface area contributed by atoms with Crippen LogP contribution in [0.25, 0.3) is 0 Å². The van der Waals surface area contributed by atoms with E-state index in [2.05, 4.69) is 10.1 Å². The first-order valence-corrected chi connectivity index (χ1v) is 6.92. The summed E-state index contributed by atoms with van der Waals surface area (Å²) in [4.78, 5) is 0. The van der Waals surface area contributed by atoms with Crippen molar-refractivity contribution in [2.75, 3.05) is 6.54 Å². The van der Waals surface area contributed by atoms with E-state index >= 15 is 0 Å². The van der Waals surface area contributed by atoms with E-state index in [1.54, 1.807) is 12.1 Å². The SMILES string of the molecule is FC(F)Oc1ccc(CNCC2(C3CC3)CC2)cc1. The molecule has 0 heterocycles. The molecule has 0 radical (unpaired) electrons. The van der Waals surface area contributed by atoms with Crippen LogP contribution in [0.3, 0.4) is 0 Å². The molecule has 1 aromatic carbocycles. The third-order valence-corrected chi connectivity index (χ3v) is 4.29. The number of hydrogen-bond donors (Lipinski definition) is 1. The number of halogens is 2. The lowest BCUT2D eigenvalue weighted by Crippen LogP contribution is -2.24. The van der Waals surface area contributed by atoms with Gasteiger partial charge in [-0.3, -0.25) is 0 Å². The molecule has 1 N–H and O–H groups in total. The van der Waals surface area contributed by atoms with Crippen LogP contribution in [0.2, 0.25) is 0 Å². The molecule has 0 bridgehead atoms. The lowest BCUT2D eigenvalue weighted by Gasteiger charge is -2.15. The Balaban J connectivity index is 1.45. The van der Waals surface area contributed by atoms with Crippen molar-refractivity contribution in [2.45, 2.75) is 38.8 Å². The fourth-order valence-electron chi connectivity index (χ4n) is 2.83. The van der Waals surface area contributed by atoms with Gasteiger partial charge in [0.15, 0.2) is 0 Å². The van der Waals surface area contributed by atoms with Crippen LogP contribution in [0.5, 0.6) is 5.75 Å². The molecule has 0 unspecified atom stereocenters. The highest BCUT2D eigenvalue weighted by atomic mass is 19.3. The van der Waals surface area contributed by atoms with Crippen molar-refractivity contribution in [3.05, 3.63) is 29.8 Å². The number of nitrogens with one attached hydrogen (secondary N) is 1. The second-order valence-electron chi connectivity index (χ2n) is 5.76. The van der Waals surface area contributed by atoms with Crippen LogP contribution < -0.4 is 10.1 Å². The molecule has 0 aromatic heterocycles. The van der Waals surface area contributed by atoms with Crippen LogP contribution in [-0.4, -0.2) is 13.2 Å². The first-order valence-electron chi connectivity index (χ1n) is 6.92. The van der Waals surface area contributed by atoms with Gasteiger partial charge in [0.2, 0.25) is 0 Å². The molecule has 104 valence electrons. The molecule has 1 aromatic rings. The van der Waals surface area contributed by atoms with Gasteiger partial charge >= 0.3 is 6.61 Å². The third-order valence-electron chi connectivity index (χ3n) is 4.29. The van der Waals surface area contributed by atoms with Gasteiger partial charge in [0.25, 0.3) is 0 Å². The van der Waals surface area contributed by atoms with Gasteiger partial charge < -0.3 is 10.1 Å². The fourth-order valence-corrected chi connectivity index (χ4v) is 2.83. The summed E-state index contributed by atoms with van der Waals surface area (Å²) in [6, 6.07) is 6.86. The molecule has 0 spiro atoms. The lowest BCUT2D eigenvalue weighted by molar-refractivity contribution is -0.0498. The Kier molecular flexibility index (Phi) is 3.44. The Morgan fingerprint density at radius 1 is 1.21 bits per heavy atom. The smallest absolute Gasteiger partial charge is 0.387 e. The van der Waals surface area contributed by atoms with E-state index in [0.717, 1.165) is 24.6 Å². The Morgan fingerprint density at radius 2 is 1.89 bits per heavy atom. The predicted molar refractivity (Wildman–Crippen MR) is 69.2 cm³/mol. The van der Waals surface area contributed by atoms with Crippen molar-refractivity contribution in [1.82, 2.24) is 5.32 Å². The van der Waals surface area contributed by atoms with E-state index in [4.69, 9.17) is 0 Å². The number of alkyl halides is 2. The summed E-state index contributed by atoms with van der Waals surface area (Å²) in [6.07, 6.45) is 5.54. The average Bonchev–Trinajstić information content (AvgIpc) is 3.25. The van der Waals surface area contributed by atoms with Gasteiger partial charge in [-0.2, -0.15) is 8.78 Å². The molecular formula is C15H19F2NO. The molecule has 2 fully saturated rings. The summed E-state index contributed by atoms with van der Waals surface area (Å²) in [7, 11) is 0. The maximum absolute atomic E-state index is 12.0. The number of rotatable bonds is 7. The van der Waals surface area contributed by atoms with Crippen molar-refractivity contribution in [2.24, 2.45) is 11.3 Å².